The number of halogens is 1. The quantitative estimate of drug-likeness (QED) is 0.618. The van der Waals surface area contributed by atoms with Crippen molar-refractivity contribution in [1.29, 1.82) is 0 Å². The molecule has 1 heterocycles. The Morgan fingerprint density at radius 1 is 1.41 bits per heavy atom. The van der Waals surface area contributed by atoms with Gasteiger partial charge in [0.05, 0.1) is 12.1 Å². The van der Waals surface area contributed by atoms with E-state index in [4.69, 9.17) is 20.9 Å². The molecule has 0 fully saturated rings. The SMILES string of the molecule is ClCC#Cc1cccc(OCc2cnoc2)c1. The summed E-state index contributed by atoms with van der Waals surface area (Å²) in [6, 6.07) is 7.54. The Morgan fingerprint density at radius 3 is 3.12 bits per heavy atom. The third-order valence-electron chi connectivity index (χ3n) is 2.02. The summed E-state index contributed by atoms with van der Waals surface area (Å²) in [5.74, 6) is 6.81. The fraction of sp³-hybridized carbons (Fsp3) is 0.154. The van der Waals surface area contributed by atoms with Gasteiger partial charge >= 0.3 is 0 Å². The molecule has 0 spiro atoms. The van der Waals surface area contributed by atoms with Crippen LogP contribution >= 0.6 is 11.6 Å². The first-order valence-corrected chi connectivity index (χ1v) is 5.58. The van der Waals surface area contributed by atoms with Crippen LogP contribution in [0.1, 0.15) is 11.1 Å². The van der Waals surface area contributed by atoms with Crippen LogP contribution in [-0.4, -0.2) is 11.0 Å². The van der Waals surface area contributed by atoms with Crippen LogP contribution in [0.4, 0.5) is 0 Å². The molecule has 0 atom stereocenters. The van der Waals surface area contributed by atoms with E-state index in [0.717, 1.165) is 16.9 Å². The first-order chi connectivity index (χ1) is 8.38. The molecule has 0 saturated carbocycles. The Kier molecular flexibility index (Phi) is 4.06. The molecule has 0 saturated heterocycles. The second-order valence-corrected chi connectivity index (χ2v) is 3.55. The molecular weight excluding hydrogens is 238 g/mol. The van der Waals surface area contributed by atoms with Crippen molar-refractivity contribution in [3.8, 4) is 17.6 Å². The van der Waals surface area contributed by atoms with Crippen molar-refractivity contribution in [3.05, 3.63) is 47.9 Å². The van der Waals surface area contributed by atoms with Gasteiger partial charge in [-0.15, -0.1) is 11.6 Å². The molecule has 17 heavy (non-hydrogen) atoms. The van der Waals surface area contributed by atoms with Crippen LogP contribution in [0.3, 0.4) is 0 Å². The van der Waals surface area contributed by atoms with E-state index in [1.807, 2.05) is 24.3 Å². The van der Waals surface area contributed by atoms with E-state index in [1.54, 1.807) is 12.5 Å². The minimum Gasteiger partial charge on any atom is -0.489 e. The lowest BCUT2D eigenvalue weighted by atomic mass is 10.2. The molecule has 4 heteroatoms. The summed E-state index contributed by atoms with van der Waals surface area (Å²) < 4.78 is 10.3. The fourth-order valence-electron chi connectivity index (χ4n) is 1.26. The van der Waals surface area contributed by atoms with Crippen molar-refractivity contribution in [1.82, 2.24) is 5.16 Å². The van der Waals surface area contributed by atoms with Gasteiger partial charge in [0.2, 0.25) is 0 Å². The Morgan fingerprint density at radius 2 is 2.35 bits per heavy atom. The van der Waals surface area contributed by atoms with Crippen molar-refractivity contribution in [2.24, 2.45) is 0 Å². The van der Waals surface area contributed by atoms with Crippen molar-refractivity contribution >= 4 is 11.6 Å². The first kappa shape index (κ1) is 11.6. The highest BCUT2D eigenvalue weighted by Crippen LogP contribution is 2.14. The smallest absolute Gasteiger partial charge is 0.130 e. The zero-order chi connectivity index (χ0) is 11.9. The third kappa shape index (κ3) is 3.54. The van der Waals surface area contributed by atoms with Gasteiger partial charge < -0.3 is 9.26 Å². The molecule has 1 aromatic carbocycles. The number of ether oxygens (including phenoxy) is 1. The van der Waals surface area contributed by atoms with Gasteiger partial charge in [-0.3, -0.25) is 0 Å². The Balaban J connectivity index is 2.01. The van der Waals surface area contributed by atoms with Crippen LogP contribution in [0, 0.1) is 11.8 Å². The Hall–Kier alpha value is -1.92. The summed E-state index contributed by atoms with van der Waals surface area (Å²) >= 11 is 5.50. The van der Waals surface area contributed by atoms with Gasteiger partial charge in [-0.25, -0.2) is 0 Å². The number of nitrogens with zero attached hydrogens (tertiary/aromatic N) is 1. The summed E-state index contributed by atoms with van der Waals surface area (Å²) in [7, 11) is 0. The molecule has 2 rings (SSSR count). The minimum atomic E-state index is 0.325. The summed E-state index contributed by atoms with van der Waals surface area (Å²) in [6.07, 6.45) is 3.17. The predicted molar refractivity (Wildman–Crippen MR) is 64.9 cm³/mol. The van der Waals surface area contributed by atoms with E-state index in [-0.39, 0.29) is 0 Å². The molecular formula is C13H10ClNO2. The van der Waals surface area contributed by atoms with Crippen molar-refractivity contribution in [3.63, 3.8) is 0 Å². The molecule has 0 aliphatic rings. The van der Waals surface area contributed by atoms with E-state index in [1.165, 1.54) is 0 Å². The first-order valence-electron chi connectivity index (χ1n) is 5.04. The maximum absolute atomic E-state index is 5.57. The van der Waals surface area contributed by atoms with Gasteiger partial charge in [-0.05, 0) is 18.2 Å². The fourth-order valence-corrected chi connectivity index (χ4v) is 1.33. The average molecular weight is 248 g/mol. The number of aromatic nitrogens is 1. The minimum absolute atomic E-state index is 0.325. The highest BCUT2D eigenvalue weighted by Gasteiger charge is 1.98. The van der Waals surface area contributed by atoms with Crippen LogP contribution in [0.25, 0.3) is 0 Å². The van der Waals surface area contributed by atoms with Crippen LogP contribution in [-0.2, 0) is 6.61 Å². The molecule has 0 radical (unpaired) electrons. The molecule has 0 aliphatic carbocycles. The highest BCUT2D eigenvalue weighted by atomic mass is 35.5. The Labute approximate surface area is 104 Å². The lowest BCUT2D eigenvalue weighted by molar-refractivity contribution is 0.304. The number of alkyl halides is 1. The van der Waals surface area contributed by atoms with Crippen molar-refractivity contribution < 1.29 is 9.26 Å². The molecule has 0 bridgehead atoms. The summed E-state index contributed by atoms with van der Waals surface area (Å²) in [5.41, 5.74) is 1.77. The van der Waals surface area contributed by atoms with Crippen molar-refractivity contribution in [2.75, 3.05) is 5.88 Å². The van der Waals surface area contributed by atoms with Gasteiger partial charge in [0, 0.05) is 11.1 Å². The average Bonchev–Trinajstić information content (AvgIpc) is 2.87. The second-order valence-electron chi connectivity index (χ2n) is 3.28. The molecule has 0 aliphatic heterocycles. The van der Waals surface area contributed by atoms with Gasteiger partial charge in [0.15, 0.2) is 0 Å². The van der Waals surface area contributed by atoms with Gasteiger partial charge in [-0.2, -0.15) is 0 Å². The van der Waals surface area contributed by atoms with E-state index < -0.39 is 0 Å². The number of benzene rings is 1. The van der Waals surface area contributed by atoms with Crippen molar-refractivity contribution in [2.45, 2.75) is 6.61 Å². The van der Waals surface area contributed by atoms with Crippen LogP contribution in [0.2, 0.25) is 0 Å². The molecule has 2 aromatic rings. The zero-order valence-corrected chi connectivity index (χ0v) is 9.78. The van der Waals surface area contributed by atoms with Crippen LogP contribution < -0.4 is 4.74 Å². The maximum Gasteiger partial charge on any atom is 0.130 e. The molecule has 86 valence electrons. The normalized spacial score (nSPS) is 9.47. The highest BCUT2D eigenvalue weighted by molar-refractivity contribution is 6.19. The second kappa shape index (κ2) is 5.97. The molecule has 0 amide bonds. The lowest BCUT2D eigenvalue weighted by Gasteiger charge is -2.03. The summed E-state index contributed by atoms with van der Waals surface area (Å²) in [5, 5.41) is 3.60. The van der Waals surface area contributed by atoms with E-state index in [0.29, 0.717) is 12.5 Å². The zero-order valence-electron chi connectivity index (χ0n) is 9.02. The van der Waals surface area contributed by atoms with Crippen LogP contribution in [0.15, 0.2) is 41.2 Å². The van der Waals surface area contributed by atoms with Gasteiger partial charge in [0.1, 0.15) is 18.6 Å². The monoisotopic (exact) mass is 247 g/mol. The maximum atomic E-state index is 5.57. The number of rotatable bonds is 3. The molecule has 3 nitrogen and oxygen atoms in total. The lowest BCUT2D eigenvalue weighted by Crippen LogP contribution is -1.93. The Bertz CT molecular complexity index is 526. The summed E-state index contributed by atoms with van der Waals surface area (Å²) in [6.45, 7) is 0.426. The van der Waals surface area contributed by atoms with E-state index >= 15 is 0 Å². The molecule has 1 aromatic heterocycles. The van der Waals surface area contributed by atoms with Gasteiger partial charge in [-0.1, -0.05) is 23.1 Å². The van der Waals surface area contributed by atoms with E-state index in [9.17, 15) is 0 Å². The standard InChI is InChI=1S/C13H10ClNO2/c14-6-2-4-11-3-1-5-13(7-11)16-9-12-8-15-17-10-12/h1,3,5,7-8,10H,6,9H2. The number of hydrogen-bond acceptors (Lipinski definition) is 3. The van der Waals surface area contributed by atoms with Gasteiger partial charge in [0.25, 0.3) is 0 Å². The third-order valence-corrected chi connectivity index (χ3v) is 2.16. The largest absolute Gasteiger partial charge is 0.489 e. The predicted octanol–water partition coefficient (Wildman–Crippen LogP) is 2.84. The van der Waals surface area contributed by atoms with E-state index in [2.05, 4.69) is 17.0 Å². The summed E-state index contributed by atoms with van der Waals surface area (Å²) in [4.78, 5) is 0. The molecule has 0 unspecified atom stereocenters. The number of hydrogen-bond donors (Lipinski definition) is 0. The molecule has 0 N–H and O–H groups in total. The topological polar surface area (TPSA) is 35.3 Å². The van der Waals surface area contributed by atoms with Crippen LogP contribution in [0.5, 0.6) is 5.75 Å².